The van der Waals surface area contributed by atoms with Gasteiger partial charge in [0.05, 0.1) is 55.8 Å². The molecule has 0 spiro atoms. The van der Waals surface area contributed by atoms with Crippen molar-refractivity contribution in [3.8, 4) is 5.69 Å². The van der Waals surface area contributed by atoms with E-state index < -0.39 is 18.0 Å². The molecule has 0 radical (unpaired) electrons. The van der Waals surface area contributed by atoms with Gasteiger partial charge in [-0.2, -0.15) is 5.10 Å². The number of aromatic nitrogens is 2. The van der Waals surface area contributed by atoms with Crippen LogP contribution in [0, 0.1) is 12.3 Å². The number of primary amides is 1. The van der Waals surface area contributed by atoms with E-state index in [2.05, 4.69) is 19.2 Å². The topological polar surface area (TPSA) is 143 Å². The molecule has 234 valence electrons. The first-order valence-corrected chi connectivity index (χ1v) is 15.0. The highest BCUT2D eigenvalue weighted by Crippen LogP contribution is 2.37. The average molecular weight is 597 g/mol. The molecule has 2 aromatic rings. The standard InChI is InChI=1S/C32H45N5O6/c1-19-30-27(16-32(3,4)17-28(30)39)36(35-19)22-10-13-25(31(33)41)26(14-22)34-21-8-11-23(12-9-21)43-29(40)15-24(42-20(2)38)18-37(5,6)7/h10,13-14,21,23-24H,8-9,11-12,15-18H2,1-7H3,(H2-,33,34,41)/p+1. The van der Waals surface area contributed by atoms with Crippen LogP contribution in [0.1, 0.15) is 91.4 Å². The fourth-order valence-corrected chi connectivity index (χ4v) is 6.31. The fourth-order valence-electron chi connectivity index (χ4n) is 6.31. The van der Waals surface area contributed by atoms with E-state index in [-0.39, 0.29) is 35.7 Å². The molecule has 0 bridgehead atoms. The Kier molecular flexibility index (Phi) is 9.34. The molecule has 4 rings (SSSR count). The smallest absolute Gasteiger partial charge is 0.310 e. The quantitative estimate of drug-likeness (QED) is 0.312. The number of benzene rings is 1. The second-order valence-electron chi connectivity index (χ2n) is 13.9. The van der Waals surface area contributed by atoms with E-state index in [0.29, 0.717) is 52.8 Å². The third-order valence-electron chi connectivity index (χ3n) is 8.04. The molecule has 1 saturated carbocycles. The Morgan fingerprint density at radius 2 is 1.81 bits per heavy atom. The number of fused-ring (bicyclic) bond motifs is 1. The van der Waals surface area contributed by atoms with E-state index in [4.69, 9.17) is 20.3 Å². The molecular formula is C32H46N5O6+. The highest BCUT2D eigenvalue weighted by Gasteiger charge is 2.36. The Balaban J connectivity index is 1.43. The van der Waals surface area contributed by atoms with Gasteiger partial charge in [0, 0.05) is 25.1 Å². The Hall–Kier alpha value is -3.73. The summed E-state index contributed by atoms with van der Waals surface area (Å²) in [5.41, 5.74) is 9.57. The van der Waals surface area contributed by atoms with Crippen molar-refractivity contribution in [3.05, 3.63) is 40.7 Å². The molecule has 3 N–H and O–H groups in total. The van der Waals surface area contributed by atoms with Crippen molar-refractivity contribution in [2.24, 2.45) is 11.1 Å². The van der Waals surface area contributed by atoms with Crippen LogP contribution in [0.3, 0.4) is 0 Å². The number of hydrogen-bond donors (Lipinski definition) is 2. The molecule has 1 atom stereocenters. The van der Waals surface area contributed by atoms with Crippen LogP contribution < -0.4 is 11.1 Å². The van der Waals surface area contributed by atoms with Gasteiger partial charge in [0.2, 0.25) is 0 Å². The number of ether oxygens (including phenoxy) is 2. The number of quaternary nitrogens is 1. The van der Waals surface area contributed by atoms with E-state index in [0.717, 1.165) is 30.6 Å². The SMILES string of the molecule is CC(=O)OC(CC(=O)OC1CCC(Nc2cc(-n3nc(C)c4c3CC(C)(C)CC4=O)ccc2C(N)=O)CC1)C[N+](C)(C)C. The van der Waals surface area contributed by atoms with Gasteiger partial charge in [-0.1, -0.05) is 13.8 Å². The second-order valence-corrected chi connectivity index (χ2v) is 13.9. The van der Waals surface area contributed by atoms with E-state index in [1.807, 2.05) is 44.9 Å². The highest BCUT2D eigenvalue weighted by molar-refractivity contribution is 6.00. The number of ketones is 1. The monoisotopic (exact) mass is 596 g/mol. The van der Waals surface area contributed by atoms with Gasteiger partial charge in [-0.25, -0.2) is 4.68 Å². The van der Waals surface area contributed by atoms with Crippen molar-refractivity contribution >= 4 is 29.3 Å². The molecule has 1 amide bonds. The number of aryl methyl sites for hydroxylation is 1. The van der Waals surface area contributed by atoms with E-state index >= 15 is 0 Å². The Bertz CT molecular complexity index is 1400. The van der Waals surface area contributed by atoms with Crippen LogP contribution in [0.15, 0.2) is 18.2 Å². The van der Waals surface area contributed by atoms with Crippen molar-refractivity contribution in [3.63, 3.8) is 0 Å². The summed E-state index contributed by atoms with van der Waals surface area (Å²) in [5, 5.41) is 8.21. The first-order valence-electron chi connectivity index (χ1n) is 15.0. The van der Waals surface area contributed by atoms with Crippen LogP contribution in [-0.4, -0.2) is 83.8 Å². The number of Topliss-reactive ketones (excluding diaryl/α,β-unsaturated/α-hetero) is 1. The zero-order valence-electron chi connectivity index (χ0n) is 26.5. The molecule has 0 aliphatic heterocycles. The number of amides is 1. The van der Waals surface area contributed by atoms with Crippen molar-refractivity contribution < 1.29 is 33.1 Å². The van der Waals surface area contributed by atoms with Gasteiger partial charge in [-0.3, -0.25) is 19.2 Å². The van der Waals surface area contributed by atoms with Crippen LogP contribution in [0.4, 0.5) is 5.69 Å². The minimum atomic E-state index is -0.545. The number of carbonyl (C=O) groups excluding carboxylic acids is 4. The summed E-state index contributed by atoms with van der Waals surface area (Å²) >= 11 is 0. The lowest BCUT2D eigenvalue weighted by atomic mass is 9.75. The second kappa shape index (κ2) is 12.5. The Morgan fingerprint density at radius 3 is 2.42 bits per heavy atom. The molecule has 1 unspecified atom stereocenters. The molecule has 2 aliphatic rings. The van der Waals surface area contributed by atoms with Gasteiger partial charge in [-0.05, 0) is 62.6 Å². The van der Waals surface area contributed by atoms with Crippen molar-refractivity contribution in [2.45, 2.75) is 90.9 Å². The lowest BCUT2D eigenvalue weighted by molar-refractivity contribution is -0.873. The number of carbonyl (C=O) groups is 4. The van der Waals surface area contributed by atoms with E-state index in [1.54, 1.807) is 6.07 Å². The molecule has 43 heavy (non-hydrogen) atoms. The van der Waals surface area contributed by atoms with Crippen LogP contribution in [0.2, 0.25) is 0 Å². The molecule has 1 fully saturated rings. The number of esters is 2. The lowest BCUT2D eigenvalue weighted by Gasteiger charge is -2.31. The predicted octanol–water partition coefficient (Wildman–Crippen LogP) is 3.73. The number of nitrogens with zero attached hydrogens (tertiary/aromatic N) is 3. The number of nitrogens with two attached hydrogens (primary N) is 1. The first kappa shape index (κ1) is 32.2. The first-order chi connectivity index (χ1) is 20.0. The zero-order valence-corrected chi connectivity index (χ0v) is 26.5. The van der Waals surface area contributed by atoms with Gasteiger partial charge in [-0.15, -0.1) is 0 Å². The molecule has 0 saturated heterocycles. The third-order valence-corrected chi connectivity index (χ3v) is 8.04. The summed E-state index contributed by atoms with van der Waals surface area (Å²) in [6.45, 7) is 7.87. The normalized spacial score (nSPS) is 20.6. The van der Waals surface area contributed by atoms with Crippen LogP contribution in [0.5, 0.6) is 0 Å². The van der Waals surface area contributed by atoms with Crippen molar-refractivity contribution in [1.82, 2.24) is 9.78 Å². The summed E-state index contributed by atoms with van der Waals surface area (Å²) in [5.74, 6) is -1.23. The predicted molar refractivity (Wildman–Crippen MR) is 162 cm³/mol. The molecular weight excluding hydrogens is 550 g/mol. The summed E-state index contributed by atoms with van der Waals surface area (Å²) in [4.78, 5) is 49.5. The van der Waals surface area contributed by atoms with Gasteiger partial charge in [0.25, 0.3) is 5.91 Å². The van der Waals surface area contributed by atoms with Crippen LogP contribution in [-0.2, 0) is 25.5 Å². The van der Waals surface area contributed by atoms with E-state index in [9.17, 15) is 19.2 Å². The summed E-state index contributed by atoms with van der Waals surface area (Å²) < 4.78 is 13.5. The molecule has 11 heteroatoms. The number of anilines is 1. The number of hydrogen-bond acceptors (Lipinski definition) is 8. The number of nitrogens with one attached hydrogen (secondary N) is 1. The number of rotatable bonds is 10. The maximum Gasteiger partial charge on any atom is 0.310 e. The zero-order chi connectivity index (χ0) is 31.7. The number of likely N-dealkylation sites (N-methyl/N-ethyl adjacent to an activating group) is 1. The lowest BCUT2D eigenvalue weighted by Crippen LogP contribution is -2.44. The minimum absolute atomic E-state index is 0.0153. The molecule has 2 aliphatic carbocycles. The molecule has 1 heterocycles. The minimum Gasteiger partial charge on any atom is -0.462 e. The van der Waals surface area contributed by atoms with Crippen LogP contribution >= 0.6 is 0 Å². The average Bonchev–Trinajstić information content (AvgIpc) is 3.18. The summed E-state index contributed by atoms with van der Waals surface area (Å²) in [6.07, 6.45) is 3.22. The fraction of sp³-hybridized carbons (Fsp3) is 0.594. The Labute approximate surface area is 253 Å². The molecule has 11 nitrogen and oxygen atoms in total. The maximum absolute atomic E-state index is 12.9. The van der Waals surface area contributed by atoms with Gasteiger partial charge in [0.1, 0.15) is 12.6 Å². The van der Waals surface area contributed by atoms with Crippen molar-refractivity contribution in [2.75, 3.05) is 33.0 Å². The largest absolute Gasteiger partial charge is 0.462 e. The van der Waals surface area contributed by atoms with Crippen molar-refractivity contribution in [1.29, 1.82) is 0 Å². The van der Waals surface area contributed by atoms with Gasteiger partial charge < -0.3 is 25.0 Å². The summed E-state index contributed by atoms with van der Waals surface area (Å²) in [7, 11) is 5.92. The van der Waals surface area contributed by atoms with Crippen LogP contribution in [0.25, 0.3) is 5.69 Å². The third kappa shape index (κ3) is 8.22. The summed E-state index contributed by atoms with van der Waals surface area (Å²) in [6, 6.07) is 5.42. The molecule has 1 aromatic heterocycles. The van der Waals surface area contributed by atoms with E-state index in [1.165, 1.54) is 6.92 Å². The maximum atomic E-state index is 12.9. The Morgan fingerprint density at radius 1 is 1.14 bits per heavy atom. The van der Waals surface area contributed by atoms with Gasteiger partial charge in [0.15, 0.2) is 11.9 Å². The van der Waals surface area contributed by atoms with Gasteiger partial charge >= 0.3 is 11.9 Å². The molecule has 1 aromatic carbocycles. The highest BCUT2D eigenvalue weighted by atomic mass is 16.6.